The minimum atomic E-state index is -1.11. The second kappa shape index (κ2) is 8.38. The summed E-state index contributed by atoms with van der Waals surface area (Å²) in [5.74, 6) is -1.26. The molecule has 1 N–H and O–H groups in total. The highest BCUT2D eigenvalue weighted by Crippen LogP contribution is 2.15. The Morgan fingerprint density at radius 2 is 1.82 bits per heavy atom. The van der Waals surface area contributed by atoms with Crippen LogP contribution in [0.25, 0.3) is 10.8 Å². The first kappa shape index (κ1) is 19.2. The van der Waals surface area contributed by atoms with Gasteiger partial charge in [-0.3, -0.25) is 14.9 Å². The van der Waals surface area contributed by atoms with Gasteiger partial charge in [-0.2, -0.15) is 5.10 Å². The number of nitrogens with one attached hydrogen (secondary N) is 1. The molecule has 2 heterocycles. The van der Waals surface area contributed by atoms with Gasteiger partial charge < -0.3 is 4.74 Å². The van der Waals surface area contributed by atoms with Crippen molar-refractivity contribution in [3.63, 3.8) is 0 Å². The highest BCUT2D eigenvalue weighted by molar-refractivity contribution is 6.03. The summed E-state index contributed by atoms with van der Waals surface area (Å²) in [7, 11) is 0. The summed E-state index contributed by atoms with van der Waals surface area (Å²) >= 11 is 0. The molecular weight excluding hydrogens is 362 g/mol. The van der Waals surface area contributed by atoms with Crippen molar-refractivity contribution in [3.05, 3.63) is 58.8 Å². The van der Waals surface area contributed by atoms with Gasteiger partial charge in [-0.15, -0.1) is 0 Å². The molecule has 9 nitrogen and oxygen atoms in total. The van der Waals surface area contributed by atoms with Crippen LogP contribution in [0.4, 0.5) is 5.95 Å². The molecule has 0 saturated carbocycles. The quantitative estimate of drug-likeness (QED) is 0.647. The van der Waals surface area contributed by atoms with Crippen molar-refractivity contribution in [1.82, 2.24) is 19.7 Å². The predicted molar refractivity (Wildman–Crippen MR) is 102 cm³/mol. The summed E-state index contributed by atoms with van der Waals surface area (Å²) in [6.45, 7) is 3.70. The number of aryl methyl sites for hydroxylation is 1. The maximum absolute atomic E-state index is 12.7. The second-order valence-corrected chi connectivity index (χ2v) is 6.03. The predicted octanol–water partition coefficient (Wildman–Crippen LogP) is 1.78. The third kappa shape index (κ3) is 4.03. The molecular formula is C19H19N5O4. The van der Waals surface area contributed by atoms with E-state index in [4.69, 9.17) is 4.74 Å². The van der Waals surface area contributed by atoms with Gasteiger partial charge in [-0.05, 0) is 25.5 Å². The molecule has 3 aromatic rings. The van der Waals surface area contributed by atoms with Crippen LogP contribution >= 0.6 is 0 Å². The molecule has 0 fully saturated rings. The maximum Gasteiger partial charge on any atom is 0.360 e. The molecule has 1 atom stereocenters. The van der Waals surface area contributed by atoms with Gasteiger partial charge in [0.1, 0.15) is 0 Å². The lowest BCUT2D eigenvalue weighted by Crippen LogP contribution is -2.32. The van der Waals surface area contributed by atoms with Crippen molar-refractivity contribution in [2.45, 2.75) is 32.9 Å². The normalized spacial score (nSPS) is 11.8. The molecule has 1 unspecified atom stereocenters. The van der Waals surface area contributed by atoms with Crippen LogP contribution in [-0.4, -0.2) is 37.7 Å². The molecule has 0 aliphatic rings. The molecule has 144 valence electrons. The van der Waals surface area contributed by atoms with Gasteiger partial charge in [0.2, 0.25) is 5.95 Å². The Balaban J connectivity index is 1.85. The lowest BCUT2D eigenvalue weighted by atomic mass is 10.1. The number of benzene rings is 1. The van der Waals surface area contributed by atoms with Crippen LogP contribution in [0.5, 0.6) is 0 Å². The Bertz CT molecular complexity index is 1060. The molecule has 3 rings (SSSR count). The van der Waals surface area contributed by atoms with Crippen molar-refractivity contribution >= 4 is 28.6 Å². The summed E-state index contributed by atoms with van der Waals surface area (Å²) in [5.41, 5.74) is -0.291. The van der Waals surface area contributed by atoms with E-state index in [1.165, 1.54) is 24.0 Å². The number of fused-ring (bicyclic) bond motifs is 1. The van der Waals surface area contributed by atoms with Crippen molar-refractivity contribution in [3.8, 4) is 0 Å². The van der Waals surface area contributed by atoms with Crippen molar-refractivity contribution in [1.29, 1.82) is 0 Å². The zero-order valence-electron chi connectivity index (χ0n) is 15.5. The van der Waals surface area contributed by atoms with E-state index in [1.807, 2.05) is 6.92 Å². The Morgan fingerprint density at radius 1 is 1.14 bits per heavy atom. The number of nitrogens with zero attached hydrogens (tertiary/aromatic N) is 4. The van der Waals surface area contributed by atoms with Crippen LogP contribution in [0.15, 0.2) is 47.5 Å². The lowest BCUT2D eigenvalue weighted by molar-refractivity contribution is -0.123. The second-order valence-electron chi connectivity index (χ2n) is 6.03. The fourth-order valence-corrected chi connectivity index (χ4v) is 2.59. The molecule has 1 amide bonds. The Hall–Kier alpha value is -3.62. The number of rotatable bonds is 6. The first-order valence-corrected chi connectivity index (χ1v) is 8.80. The van der Waals surface area contributed by atoms with E-state index in [-0.39, 0.29) is 17.2 Å². The average Bonchev–Trinajstić information content (AvgIpc) is 2.71. The highest BCUT2D eigenvalue weighted by atomic mass is 16.5. The third-order valence-corrected chi connectivity index (χ3v) is 3.95. The molecule has 0 bridgehead atoms. The number of ether oxygens (including phenoxy) is 1. The Labute approximate surface area is 160 Å². The highest BCUT2D eigenvalue weighted by Gasteiger charge is 2.23. The minimum Gasteiger partial charge on any atom is -0.448 e. The molecule has 0 saturated heterocycles. The first-order chi connectivity index (χ1) is 13.5. The number of hydrogen-bond acceptors (Lipinski definition) is 7. The van der Waals surface area contributed by atoms with Gasteiger partial charge in [0.05, 0.1) is 5.39 Å². The maximum atomic E-state index is 12.7. The van der Waals surface area contributed by atoms with Gasteiger partial charge in [0.15, 0.2) is 11.8 Å². The first-order valence-electron chi connectivity index (χ1n) is 8.80. The number of anilines is 1. The van der Waals surface area contributed by atoms with Gasteiger partial charge >= 0.3 is 5.97 Å². The monoisotopic (exact) mass is 381 g/mol. The smallest absolute Gasteiger partial charge is 0.360 e. The number of amides is 1. The van der Waals surface area contributed by atoms with Crippen LogP contribution in [0.1, 0.15) is 30.8 Å². The van der Waals surface area contributed by atoms with Crippen LogP contribution in [-0.2, 0) is 16.1 Å². The van der Waals surface area contributed by atoms with Gasteiger partial charge in [0.25, 0.3) is 11.5 Å². The van der Waals surface area contributed by atoms with E-state index in [0.29, 0.717) is 23.7 Å². The van der Waals surface area contributed by atoms with Crippen LogP contribution in [0.2, 0.25) is 0 Å². The average molecular weight is 381 g/mol. The molecule has 28 heavy (non-hydrogen) atoms. The molecule has 1 aromatic carbocycles. The fourth-order valence-electron chi connectivity index (χ4n) is 2.59. The summed E-state index contributed by atoms with van der Waals surface area (Å²) in [6.07, 6.45) is 2.53. The number of hydrogen-bond donors (Lipinski definition) is 1. The van der Waals surface area contributed by atoms with E-state index in [0.717, 1.165) is 0 Å². The minimum absolute atomic E-state index is 0.0146. The largest absolute Gasteiger partial charge is 0.448 e. The van der Waals surface area contributed by atoms with Crippen molar-refractivity contribution < 1.29 is 14.3 Å². The number of carbonyl (C=O) groups is 2. The third-order valence-electron chi connectivity index (χ3n) is 3.95. The van der Waals surface area contributed by atoms with E-state index >= 15 is 0 Å². The zero-order valence-corrected chi connectivity index (χ0v) is 15.5. The number of carbonyl (C=O) groups excluding carboxylic acids is 2. The van der Waals surface area contributed by atoms with Gasteiger partial charge in [-0.1, -0.05) is 25.1 Å². The molecule has 2 aromatic heterocycles. The van der Waals surface area contributed by atoms with Crippen LogP contribution < -0.4 is 10.9 Å². The van der Waals surface area contributed by atoms with Crippen molar-refractivity contribution in [2.75, 3.05) is 5.32 Å². The molecule has 0 aliphatic heterocycles. The Kier molecular flexibility index (Phi) is 5.73. The van der Waals surface area contributed by atoms with Crippen LogP contribution in [0, 0.1) is 0 Å². The fraction of sp³-hybridized carbons (Fsp3) is 0.263. The van der Waals surface area contributed by atoms with E-state index in [9.17, 15) is 14.4 Å². The summed E-state index contributed by atoms with van der Waals surface area (Å²) in [6, 6.07) is 8.28. The summed E-state index contributed by atoms with van der Waals surface area (Å²) in [5, 5.41) is 7.37. The molecule has 0 spiro atoms. The Morgan fingerprint density at radius 3 is 2.50 bits per heavy atom. The molecule has 9 heteroatoms. The summed E-state index contributed by atoms with van der Waals surface area (Å²) in [4.78, 5) is 45.2. The SMILES string of the molecule is CCCn1nc(C(=O)OC(C)C(=O)Nc2ncccn2)c2ccccc2c1=O. The van der Waals surface area contributed by atoms with Crippen LogP contribution in [0.3, 0.4) is 0 Å². The van der Waals surface area contributed by atoms with E-state index < -0.39 is 18.0 Å². The van der Waals surface area contributed by atoms with Gasteiger partial charge in [-0.25, -0.2) is 19.4 Å². The van der Waals surface area contributed by atoms with Gasteiger partial charge in [0, 0.05) is 24.3 Å². The number of esters is 1. The summed E-state index contributed by atoms with van der Waals surface area (Å²) < 4.78 is 6.50. The van der Waals surface area contributed by atoms with Crippen molar-refractivity contribution in [2.24, 2.45) is 0 Å². The lowest BCUT2D eigenvalue weighted by Gasteiger charge is -2.14. The molecule has 0 radical (unpaired) electrons. The van der Waals surface area contributed by atoms with E-state index in [2.05, 4.69) is 20.4 Å². The number of aromatic nitrogens is 4. The van der Waals surface area contributed by atoms with E-state index in [1.54, 1.807) is 30.3 Å². The topological polar surface area (TPSA) is 116 Å². The zero-order chi connectivity index (χ0) is 20.1. The standard InChI is InChI=1S/C19H19N5O4/c1-3-11-24-17(26)14-8-5-4-7-13(14)15(23-24)18(27)28-12(2)16(25)22-19-20-9-6-10-21-19/h4-10,12H,3,11H2,1-2H3,(H,20,21,22,25). The molecule has 0 aliphatic carbocycles.